The van der Waals surface area contributed by atoms with Crippen LogP contribution in [0.25, 0.3) is 0 Å². The van der Waals surface area contributed by atoms with Crippen molar-refractivity contribution >= 4 is 0 Å². The van der Waals surface area contributed by atoms with Gasteiger partial charge in [-0.3, -0.25) is 0 Å². The summed E-state index contributed by atoms with van der Waals surface area (Å²) in [5.41, 5.74) is 1.12. The summed E-state index contributed by atoms with van der Waals surface area (Å²) in [6.45, 7) is 1.61. The van der Waals surface area contributed by atoms with Gasteiger partial charge in [-0.15, -0.1) is 0 Å². The summed E-state index contributed by atoms with van der Waals surface area (Å²) in [6.07, 6.45) is 0. The zero-order valence-electron chi connectivity index (χ0n) is 7.84. The number of aliphatic hydroxyl groups excluding tert-OH is 1. The Morgan fingerprint density at radius 3 is 2.77 bits per heavy atom. The maximum Gasteiger partial charge on any atom is 0.130 e. The van der Waals surface area contributed by atoms with Crippen molar-refractivity contribution in [2.75, 3.05) is 13.7 Å². The molecule has 1 aromatic rings. The van der Waals surface area contributed by atoms with Gasteiger partial charge in [0, 0.05) is 5.56 Å². The molecule has 0 bridgehead atoms. The van der Waals surface area contributed by atoms with Crippen molar-refractivity contribution < 1.29 is 9.50 Å². The zero-order chi connectivity index (χ0) is 9.84. The Balaban J connectivity index is 3.05. The number of halogens is 1. The predicted octanol–water partition coefficient (Wildman–Crippen LogP) is 1.39. The molecule has 1 aromatic carbocycles. The summed E-state index contributed by atoms with van der Waals surface area (Å²) in [5.74, 6) is -0.240. The molecule has 0 saturated heterocycles. The third kappa shape index (κ3) is 2.05. The van der Waals surface area contributed by atoms with E-state index in [4.69, 9.17) is 5.11 Å². The second kappa shape index (κ2) is 4.35. The molecule has 0 aliphatic heterocycles. The Bertz CT molecular complexity index is 284. The van der Waals surface area contributed by atoms with Crippen LogP contribution in [0.15, 0.2) is 18.2 Å². The first-order valence-electron chi connectivity index (χ1n) is 4.23. The number of hydrogen-bond acceptors (Lipinski definition) is 2. The minimum absolute atomic E-state index is 0.100. The SMILES string of the molecule is CN[C@@H](CO)c1cccc(C)c1F. The van der Waals surface area contributed by atoms with E-state index < -0.39 is 0 Å². The van der Waals surface area contributed by atoms with E-state index in [0.717, 1.165) is 0 Å². The van der Waals surface area contributed by atoms with Crippen molar-refractivity contribution in [2.45, 2.75) is 13.0 Å². The van der Waals surface area contributed by atoms with Crippen LogP contribution in [0.1, 0.15) is 17.2 Å². The molecule has 0 unspecified atom stereocenters. The van der Waals surface area contributed by atoms with Crippen molar-refractivity contribution in [2.24, 2.45) is 0 Å². The second-order valence-corrected chi connectivity index (χ2v) is 3.00. The van der Waals surface area contributed by atoms with E-state index >= 15 is 0 Å². The summed E-state index contributed by atoms with van der Waals surface area (Å²) in [6, 6.07) is 4.86. The maximum absolute atomic E-state index is 13.5. The van der Waals surface area contributed by atoms with Crippen LogP contribution >= 0.6 is 0 Å². The molecule has 0 amide bonds. The van der Waals surface area contributed by atoms with Gasteiger partial charge in [-0.25, -0.2) is 4.39 Å². The molecule has 0 saturated carbocycles. The molecule has 2 nitrogen and oxygen atoms in total. The van der Waals surface area contributed by atoms with Crippen molar-refractivity contribution in [3.63, 3.8) is 0 Å². The third-order valence-electron chi connectivity index (χ3n) is 2.13. The van der Waals surface area contributed by atoms with Crippen LogP contribution < -0.4 is 5.32 Å². The molecular weight excluding hydrogens is 169 g/mol. The molecule has 72 valence electrons. The van der Waals surface area contributed by atoms with E-state index in [0.29, 0.717) is 11.1 Å². The van der Waals surface area contributed by atoms with Gasteiger partial charge in [0.25, 0.3) is 0 Å². The van der Waals surface area contributed by atoms with Crippen molar-refractivity contribution in [3.8, 4) is 0 Å². The average molecular weight is 183 g/mol. The summed E-state index contributed by atoms with van der Waals surface area (Å²) < 4.78 is 13.5. The predicted molar refractivity (Wildman–Crippen MR) is 50.0 cm³/mol. The number of nitrogens with one attached hydrogen (secondary N) is 1. The molecule has 0 aliphatic rings. The highest BCUT2D eigenvalue weighted by Gasteiger charge is 2.13. The van der Waals surface area contributed by atoms with Crippen LogP contribution in [0.5, 0.6) is 0 Å². The Labute approximate surface area is 77.4 Å². The lowest BCUT2D eigenvalue weighted by atomic mass is 10.0. The molecule has 1 atom stereocenters. The molecule has 13 heavy (non-hydrogen) atoms. The first kappa shape index (κ1) is 10.2. The molecule has 1 rings (SSSR count). The third-order valence-corrected chi connectivity index (χ3v) is 2.13. The van der Waals surface area contributed by atoms with Gasteiger partial charge in [-0.2, -0.15) is 0 Å². The normalized spacial score (nSPS) is 12.9. The Kier molecular flexibility index (Phi) is 3.39. The van der Waals surface area contributed by atoms with Gasteiger partial charge in [-0.05, 0) is 19.5 Å². The summed E-state index contributed by atoms with van der Waals surface area (Å²) in [5, 5.41) is 11.8. The van der Waals surface area contributed by atoms with Crippen molar-refractivity contribution in [1.29, 1.82) is 0 Å². The lowest BCUT2D eigenvalue weighted by molar-refractivity contribution is 0.248. The van der Waals surface area contributed by atoms with E-state index in [9.17, 15) is 4.39 Å². The highest BCUT2D eigenvalue weighted by Crippen LogP contribution is 2.18. The smallest absolute Gasteiger partial charge is 0.130 e. The fraction of sp³-hybridized carbons (Fsp3) is 0.400. The van der Waals surface area contributed by atoms with Crippen LogP contribution in [0.2, 0.25) is 0 Å². The number of aryl methyl sites for hydroxylation is 1. The van der Waals surface area contributed by atoms with E-state index in [2.05, 4.69) is 5.32 Å². The van der Waals surface area contributed by atoms with Gasteiger partial charge in [0.15, 0.2) is 0 Å². The quantitative estimate of drug-likeness (QED) is 0.742. The molecule has 3 heteroatoms. The van der Waals surface area contributed by atoms with Gasteiger partial charge < -0.3 is 10.4 Å². The maximum atomic E-state index is 13.5. The number of hydrogen-bond donors (Lipinski definition) is 2. The molecule has 0 fully saturated rings. The first-order valence-corrected chi connectivity index (χ1v) is 4.23. The monoisotopic (exact) mass is 183 g/mol. The van der Waals surface area contributed by atoms with Gasteiger partial charge in [0.2, 0.25) is 0 Å². The van der Waals surface area contributed by atoms with E-state index in [1.807, 2.05) is 0 Å². The topological polar surface area (TPSA) is 32.3 Å². The number of likely N-dealkylation sites (N-methyl/N-ethyl adjacent to an activating group) is 1. The van der Waals surface area contributed by atoms with E-state index in [-0.39, 0.29) is 18.5 Å². The molecule has 0 aromatic heterocycles. The summed E-state index contributed by atoms with van der Waals surface area (Å²) in [4.78, 5) is 0. The highest BCUT2D eigenvalue weighted by molar-refractivity contribution is 5.27. The summed E-state index contributed by atoms with van der Waals surface area (Å²) >= 11 is 0. The van der Waals surface area contributed by atoms with Gasteiger partial charge in [0.1, 0.15) is 5.82 Å². The van der Waals surface area contributed by atoms with Gasteiger partial charge in [-0.1, -0.05) is 18.2 Å². The molecule has 2 N–H and O–H groups in total. The second-order valence-electron chi connectivity index (χ2n) is 3.00. The standard InChI is InChI=1S/C10H14FNO/c1-7-4-3-5-8(10(7)11)9(6-13)12-2/h3-5,9,12-13H,6H2,1-2H3/t9-/m0/s1. The lowest BCUT2D eigenvalue weighted by Gasteiger charge is -2.15. The van der Waals surface area contributed by atoms with Crippen LogP contribution in [0.4, 0.5) is 4.39 Å². The van der Waals surface area contributed by atoms with Gasteiger partial charge >= 0.3 is 0 Å². The van der Waals surface area contributed by atoms with Gasteiger partial charge in [0.05, 0.1) is 12.6 Å². The minimum Gasteiger partial charge on any atom is -0.394 e. The molecule has 0 radical (unpaired) electrons. The molecule has 0 heterocycles. The van der Waals surface area contributed by atoms with Crippen LogP contribution in [0.3, 0.4) is 0 Å². The minimum atomic E-state index is -0.320. The number of rotatable bonds is 3. The Morgan fingerprint density at radius 2 is 2.23 bits per heavy atom. The molecule has 0 spiro atoms. The largest absolute Gasteiger partial charge is 0.394 e. The van der Waals surface area contributed by atoms with Crippen molar-refractivity contribution in [3.05, 3.63) is 35.1 Å². The summed E-state index contributed by atoms with van der Waals surface area (Å²) in [7, 11) is 1.70. The Morgan fingerprint density at radius 1 is 1.54 bits per heavy atom. The fourth-order valence-corrected chi connectivity index (χ4v) is 1.28. The number of aliphatic hydroxyl groups is 1. The average Bonchev–Trinajstić information content (AvgIpc) is 2.14. The van der Waals surface area contributed by atoms with Crippen LogP contribution in [-0.2, 0) is 0 Å². The first-order chi connectivity index (χ1) is 6.20. The van der Waals surface area contributed by atoms with E-state index in [1.54, 1.807) is 32.2 Å². The lowest BCUT2D eigenvalue weighted by Crippen LogP contribution is -2.21. The Hall–Kier alpha value is -0.930. The van der Waals surface area contributed by atoms with Crippen molar-refractivity contribution in [1.82, 2.24) is 5.32 Å². The fourth-order valence-electron chi connectivity index (χ4n) is 1.28. The number of benzene rings is 1. The van der Waals surface area contributed by atoms with Crippen LogP contribution in [0, 0.1) is 12.7 Å². The molecular formula is C10H14FNO. The highest BCUT2D eigenvalue weighted by atomic mass is 19.1. The van der Waals surface area contributed by atoms with Crippen LogP contribution in [-0.4, -0.2) is 18.8 Å². The zero-order valence-corrected chi connectivity index (χ0v) is 7.84. The van der Waals surface area contributed by atoms with E-state index in [1.165, 1.54) is 0 Å². The molecule has 0 aliphatic carbocycles.